The van der Waals surface area contributed by atoms with Crippen LogP contribution in [0.5, 0.6) is 5.75 Å². The van der Waals surface area contributed by atoms with Gasteiger partial charge in [-0.25, -0.2) is 0 Å². The number of carbonyl (C=O) groups is 1. The van der Waals surface area contributed by atoms with E-state index in [0.717, 1.165) is 53.8 Å². The zero-order valence-corrected chi connectivity index (χ0v) is 16.9. The first kappa shape index (κ1) is 21.2. The zero-order chi connectivity index (χ0) is 20.4. The second-order valence-corrected chi connectivity index (χ2v) is 6.55. The second-order valence-electron chi connectivity index (χ2n) is 6.55. The smallest absolute Gasteiger partial charge is 0.266 e. The first-order valence-electron chi connectivity index (χ1n) is 9.89. The van der Waals surface area contributed by atoms with Gasteiger partial charge in [0.15, 0.2) is 0 Å². The minimum Gasteiger partial charge on any atom is -0.494 e. The van der Waals surface area contributed by atoms with Gasteiger partial charge in [0.2, 0.25) is 0 Å². The largest absolute Gasteiger partial charge is 0.494 e. The van der Waals surface area contributed by atoms with Crippen molar-refractivity contribution in [1.29, 1.82) is 5.26 Å². The van der Waals surface area contributed by atoms with E-state index >= 15 is 0 Å². The van der Waals surface area contributed by atoms with Crippen molar-refractivity contribution < 1.29 is 9.53 Å². The molecule has 0 bridgehead atoms. The SMILES string of the molecule is CCCCOc1ccc(/C=C(\C#N)C(=O)Nc2c(CC)cccc2CC)cc1. The summed E-state index contributed by atoms with van der Waals surface area (Å²) in [6.07, 6.45) is 5.33. The van der Waals surface area contributed by atoms with Crippen molar-refractivity contribution in [2.75, 3.05) is 11.9 Å². The summed E-state index contributed by atoms with van der Waals surface area (Å²) in [5.41, 5.74) is 3.82. The highest BCUT2D eigenvalue weighted by atomic mass is 16.5. The fourth-order valence-electron chi connectivity index (χ4n) is 2.89. The Morgan fingerprint density at radius 3 is 2.25 bits per heavy atom. The number of unbranched alkanes of at least 4 members (excludes halogenated alkanes) is 1. The van der Waals surface area contributed by atoms with Gasteiger partial charge in [0, 0.05) is 5.69 Å². The average molecular weight is 377 g/mol. The summed E-state index contributed by atoms with van der Waals surface area (Å²) >= 11 is 0. The van der Waals surface area contributed by atoms with Crippen LogP contribution in [0.2, 0.25) is 0 Å². The van der Waals surface area contributed by atoms with Crippen LogP contribution in [0.1, 0.15) is 50.3 Å². The van der Waals surface area contributed by atoms with Gasteiger partial charge in [-0.05, 0) is 54.2 Å². The van der Waals surface area contributed by atoms with E-state index in [9.17, 15) is 10.1 Å². The van der Waals surface area contributed by atoms with Crippen LogP contribution < -0.4 is 10.1 Å². The van der Waals surface area contributed by atoms with Gasteiger partial charge in [0.25, 0.3) is 5.91 Å². The number of carbonyl (C=O) groups excluding carboxylic acids is 1. The van der Waals surface area contributed by atoms with Gasteiger partial charge in [-0.15, -0.1) is 0 Å². The first-order chi connectivity index (χ1) is 13.6. The summed E-state index contributed by atoms with van der Waals surface area (Å²) in [4.78, 5) is 12.7. The van der Waals surface area contributed by atoms with E-state index in [4.69, 9.17) is 4.74 Å². The lowest BCUT2D eigenvalue weighted by molar-refractivity contribution is -0.112. The number of nitrogens with zero attached hydrogens (tertiary/aromatic N) is 1. The molecule has 0 fully saturated rings. The van der Waals surface area contributed by atoms with Gasteiger partial charge in [-0.2, -0.15) is 5.26 Å². The van der Waals surface area contributed by atoms with E-state index in [1.165, 1.54) is 0 Å². The molecule has 0 spiro atoms. The number of ether oxygens (including phenoxy) is 1. The monoisotopic (exact) mass is 376 g/mol. The maximum absolute atomic E-state index is 12.7. The van der Waals surface area contributed by atoms with Gasteiger partial charge < -0.3 is 10.1 Å². The third kappa shape index (κ3) is 5.72. The molecule has 28 heavy (non-hydrogen) atoms. The van der Waals surface area contributed by atoms with Gasteiger partial charge >= 0.3 is 0 Å². The summed E-state index contributed by atoms with van der Waals surface area (Å²) < 4.78 is 5.65. The second kappa shape index (κ2) is 10.9. The minimum atomic E-state index is -0.388. The maximum Gasteiger partial charge on any atom is 0.266 e. The number of nitrogens with one attached hydrogen (secondary N) is 1. The molecule has 4 nitrogen and oxygen atoms in total. The van der Waals surface area contributed by atoms with E-state index in [2.05, 4.69) is 26.1 Å². The quantitative estimate of drug-likeness (QED) is 0.355. The highest BCUT2D eigenvalue weighted by Gasteiger charge is 2.14. The number of hydrogen-bond acceptors (Lipinski definition) is 3. The number of benzene rings is 2. The number of anilines is 1. The fraction of sp³-hybridized carbons (Fsp3) is 0.333. The van der Waals surface area contributed by atoms with E-state index in [-0.39, 0.29) is 11.5 Å². The summed E-state index contributed by atoms with van der Waals surface area (Å²) in [7, 11) is 0. The molecule has 0 aliphatic heterocycles. The number of rotatable bonds is 9. The van der Waals surface area contributed by atoms with Crippen molar-refractivity contribution in [1.82, 2.24) is 0 Å². The molecule has 4 heteroatoms. The Labute approximate surface area is 167 Å². The Morgan fingerprint density at radius 1 is 1.07 bits per heavy atom. The molecule has 1 amide bonds. The summed E-state index contributed by atoms with van der Waals surface area (Å²) in [5, 5.41) is 12.4. The summed E-state index contributed by atoms with van der Waals surface area (Å²) in [6.45, 7) is 6.91. The van der Waals surface area contributed by atoms with Crippen molar-refractivity contribution in [2.45, 2.75) is 46.5 Å². The van der Waals surface area contributed by atoms with Crippen LogP contribution in [0.15, 0.2) is 48.0 Å². The number of nitriles is 1. The Morgan fingerprint density at radius 2 is 1.71 bits per heavy atom. The van der Waals surface area contributed by atoms with E-state index in [0.29, 0.717) is 6.61 Å². The molecule has 0 saturated carbocycles. The highest BCUT2D eigenvalue weighted by molar-refractivity contribution is 6.10. The van der Waals surface area contributed by atoms with Crippen LogP contribution in [0.25, 0.3) is 6.08 Å². The van der Waals surface area contributed by atoms with Crippen LogP contribution in [0.4, 0.5) is 5.69 Å². The number of amides is 1. The summed E-state index contributed by atoms with van der Waals surface area (Å²) in [6, 6.07) is 15.4. The van der Waals surface area contributed by atoms with Crippen molar-refractivity contribution in [2.24, 2.45) is 0 Å². The molecule has 0 radical (unpaired) electrons. The fourth-order valence-corrected chi connectivity index (χ4v) is 2.89. The Kier molecular flexibility index (Phi) is 8.30. The lowest BCUT2D eigenvalue weighted by atomic mass is 10.0. The van der Waals surface area contributed by atoms with Gasteiger partial charge in [0.1, 0.15) is 17.4 Å². The number of hydrogen-bond donors (Lipinski definition) is 1. The molecule has 1 N–H and O–H groups in total. The normalized spacial score (nSPS) is 11.0. The van der Waals surface area contributed by atoms with E-state index in [1.54, 1.807) is 6.08 Å². The van der Waals surface area contributed by atoms with Gasteiger partial charge in [-0.1, -0.05) is 57.5 Å². The topological polar surface area (TPSA) is 62.1 Å². The molecule has 0 aromatic heterocycles. The van der Waals surface area contributed by atoms with Crippen LogP contribution >= 0.6 is 0 Å². The average Bonchev–Trinajstić information content (AvgIpc) is 2.73. The lowest BCUT2D eigenvalue weighted by Crippen LogP contribution is -2.16. The predicted molar refractivity (Wildman–Crippen MR) is 114 cm³/mol. The van der Waals surface area contributed by atoms with Crippen molar-refractivity contribution in [3.63, 3.8) is 0 Å². The van der Waals surface area contributed by atoms with Gasteiger partial charge in [-0.3, -0.25) is 4.79 Å². The Balaban J connectivity index is 2.17. The molecular weight excluding hydrogens is 348 g/mol. The van der Waals surface area contributed by atoms with Crippen LogP contribution in [0.3, 0.4) is 0 Å². The van der Waals surface area contributed by atoms with Crippen LogP contribution in [-0.4, -0.2) is 12.5 Å². The third-order valence-electron chi connectivity index (χ3n) is 4.56. The van der Waals surface area contributed by atoms with Crippen LogP contribution in [-0.2, 0) is 17.6 Å². The molecular formula is C24H28N2O2. The lowest BCUT2D eigenvalue weighted by Gasteiger charge is -2.14. The predicted octanol–water partition coefficient (Wildman–Crippen LogP) is 5.54. The molecule has 2 aromatic carbocycles. The molecule has 0 saturated heterocycles. The Hall–Kier alpha value is -3.06. The molecule has 0 atom stereocenters. The molecule has 146 valence electrons. The number of aryl methyl sites for hydroxylation is 2. The summed E-state index contributed by atoms with van der Waals surface area (Å²) in [5.74, 6) is 0.402. The van der Waals surface area contributed by atoms with Crippen molar-refractivity contribution >= 4 is 17.7 Å². The van der Waals surface area contributed by atoms with Crippen molar-refractivity contribution in [3.05, 3.63) is 64.7 Å². The third-order valence-corrected chi connectivity index (χ3v) is 4.56. The molecule has 2 rings (SSSR count). The maximum atomic E-state index is 12.7. The van der Waals surface area contributed by atoms with E-state index < -0.39 is 0 Å². The molecule has 0 aliphatic carbocycles. The standard InChI is InChI=1S/C24H28N2O2/c1-4-7-15-28-22-13-11-18(12-14-22)16-21(17-25)24(27)26-23-19(5-2)9-8-10-20(23)6-3/h8-14,16H,4-7,15H2,1-3H3,(H,26,27)/b21-16+. The molecule has 2 aromatic rings. The highest BCUT2D eigenvalue weighted by Crippen LogP contribution is 2.23. The van der Waals surface area contributed by atoms with Crippen LogP contribution in [0, 0.1) is 11.3 Å². The first-order valence-corrected chi connectivity index (χ1v) is 9.89. The zero-order valence-electron chi connectivity index (χ0n) is 16.9. The number of para-hydroxylation sites is 1. The van der Waals surface area contributed by atoms with Gasteiger partial charge in [0.05, 0.1) is 6.61 Å². The molecule has 0 unspecified atom stereocenters. The minimum absolute atomic E-state index is 0.0765. The molecule has 0 heterocycles. The Bertz CT molecular complexity index is 839. The van der Waals surface area contributed by atoms with Crippen molar-refractivity contribution in [3.8, 4) is 11.8 Å². The van der Waals surface area contributed by atoms with E-state index in [1.807, 2.05) is 48.5 Å². The molecule has 0 aliphatic rings.